The summed E-state index contributed by atoms with van der Waals surface area (Å²) in [6, 6.07) is 15.0. The number of nitrogens with one attached hydrogen (secondary N) is 1. The minimum Gasteiger partial charge on any atom is -0.478 e. The van der Waals surface area contributed by atoms with Crippen LogP contribution in [-0.2, 0) is 0 Å². The van der Waals surface area contributed by atoms with E-state index >= 15 is 0 Å². The van der Waals surface area contributed by atoms with Crippen molar-refractivity contribution in [1.29, 1.82) is 0 Å². The van der Waals surface area contributed by atoms with Crippen LogP contribution in [0, 0.1) is 20.8 Å². The SMILES string of the molecule is Cc1ccc(C)c2c(C)c(-c3ccc(-c4ccc(C(=O)O)cc4)[nH]3)oc12. The number of hydrogen-bond donors (Lipinski definition) is 2. The van der Waals surface area contributed by atoms with Gasteiger partial charge in [0.25, 0.3) is 0 Å². The largest absolute Gasteiger partial charge is 0.478 e. The number of furan rings is 1. The highest BCUT2D eigenvalue weighted by atomic mass is 16.4. The molecule has 0 atom stereocenters. The number of fused-ring (bicyclic) bond motifs is 1. The van der Waals surface area contributed by atoms with Crippen LogP contribution < -0.4 is 0 Å². The summed E-state index contributed by atoms with van der Waals surface area (Å²) in [6.45, 7) is 6.23. The molecule has 2 heterocycles. The Morgan fingerprint density at radius 3 is 2.19 bits per heavy atom. The van der Waals surface area contributed by atoms with Crippen LogP contribution in [0.2, 0.25) is 0 Å². The third-order valence-electron chi connectivity index (χ3n) is 4.86. The summed E-state index contributed by atoms with van der Waals surface area (Å²) in [4.78, 5) is 14.4. The van der Waals surface area contributed by atoms with Gasteiger partial charge in [0.05, 0.1) is 11.3 Å². The molecule has 4 aromatic rings. The molecule has 2 aromatic heterocycles. The first-order valence-corrected chi connectivity index (χ1v) is 8.48. The maximum Gasteiger partial charge on any atom is 0.335 e. The minimum absolute atomic E-state index is 0.277. The third kappa shape index (κ3) is 2.51. The van der Waals surface area contributed by atoms with E-state index in [0.29, 0.717) is 0 Å². The molecule has 0 radical (unpaired) electrons. The Kier molecular flexibility index (Phi) is 3.69. The first-order valence-electron chi connectivity index (χ1n) is 8.48. The summed E-state index contributed by atoms with van der Waals surface area (Å²) < 4.78 is 6.19. The van der Waals surface area contributed by atoms with E-state index in [0.717, 1.165) is 39.4 Å². The zero-order valence-corrected chi connectivity index (χ0v) is 14.9. The topological polar surface area (TPSA) is 66.2 Å². The molecule has 0 aliphatic heterocycles. The molecule has 130 valence electrons. The summed E-state index contributed by atoms with van der Waals surface area (Å²) in [5.41, 5.74) is 7.42. The van der Waals surface area contributed by atoms with E-state index in [1.807, 2.05) is 12.1 Å². The fourth-order valence-corrected chi connectivity index (χ4v) is 3.42. The molecule has 26 heavy (non-hydrogen) atoms. The second-order valence-corrected chi connectivity index (χ2v) is 6.63. The highest BCUT2D eigenvalue weighted by Crippen LogP contribution is 2.36. The minimum atomic E-state index is -0.924. The quantitative estimate of drug-likeness (QED) is 0.499. The van der Waals surface area contributed by atoms with Gasteiger partial charge in [-0.1, -0.05) is 24.3 Å². The monoisotopic (exact) mass is 345 g/mol. The predicted molar refractivity (Wildman–Crippen MR) is 103 cm³/mol. The van der Waals surface area contributed by atoms with Crippen LogP contribution in [0.4, 0.5) is 0 Å². The van der Waals surface area contributed by atoms with Crippen LogP contribution in [0.25, 0.3) is 33.7 Å². The molecule has 4 rings (SSSR count). The Bertz CT molecular complexity index is 1130. The second-order valence-electron chi connectivity index (χ2n) is 6.63. The Balaban J connectivity index is 1.78. The van der Waals surface area contributed by atoms with Gasteiger partial charge in [-0.3, -0.25) is 0 Å². The van der Waals surface area contributed by atoms with E-state index in [1.165, 1.54) is 10.9 Å². The molecule has 0 aliphatic carbocycles. The van der Waals surface area contributed by atoms with Gasteiger partial charge < -0.3 is 14.5 Å². The lowest BCUT2D eigenvalue weighted by molar-refractivity contribution is 0.0697. The normalized spacial score (nSPS) is 11.2. The van der Waals surface area contributed by atoms with E-state index in [1.54, 1.807) is 24.3 Å². The van der Waals surface area contributed by atoms with Crippen LogP contribution in [0.1, 0.15) is 27.0 Å². The van der Waals surface area contributed by atoms with Crippen molar-refractivity contribution in [3.63, 3.8) is 0 Å². The highest BCUT2D eigenvalue weighted by molar-refractivity contribution is 5.92. The predicted octanol–water partition coefficient (Wildman–Crippen LogP) is 5.72. The van der Waals surface area contributed by atoms with Gasteiger partial charge in [-0.2, -0.15) is 0 Å². The molecular formula is C22H19NO3. The number of carboxylic acids is 1. The van der Waals surface area contributed by atoms with Crippen LogP contribution in [0.15, 0.2) is 52.9 Å². The molecule has 0 saturated heterocycles. The maximum absolute atomic E-state index is 11.0. The van der Waals surface area contributed by atoms with E-state index in [4.69, 9.17) is 9.52 Å². The number of rotatable bonds is 3. The smallest absolute Gasteiger partial charge is 0.335 e. The number of hydrogen-bond acceptors (Lipinski definition) is 2. The molecule has 4 heteroatoms. The molecule has 0 aliphatic rings. The number of carboxylic acid groups (broad SMARTS) is 1. The van der Waals surface area contributed by atoms with Crippen molar-refractivity contribution in [1.82, 2.24) is 4.98 Å². The fraction of sp³-hybridized carbons (Fsp3) is 0.136. The van der Waals surface area contributed by atoms with Gasteiger partial charge in [0.2, 0.25) is 0 Å². The van der Waals surface area contributed by atoms with Gasteiger partial charge in [0.15, 0.2) is 5.76 Å². The summed E-state index contributed by atoms with van der Waals surface area (Å²) in [5, 5.41) is 10.2. The molecule has 0 saturated carbocycles. The number of aromatic amines is 1. The molecule has 0 spiro atoms. The Labute approximate surface area is 151 Å². The molecule has 0 unspecified atom stereocenters. The van der Waals surface area contributed by atoms with Gasteiger partial charge >= 0.3 is 5.97 Å². The Morgan fingerprint density at radius 2 is 1.54 bits per heavy atom. The van der Waals surface area contributed by atoms with Crippen molar-refractivity contribution in [2.75, 3.05) is 0 Å². The first kappa shape index (κ1) is 16.2. The number of carbonyl (C=O) groups is 1. The van der Waals surface area contributed by atoms with Gasteiger partial charge in [-0.15, -0.1) is 0 Å². The Morgan fingerprint density at radius 1 is 0.885 bits per heavy atom. The van der Waals surface area contributed by atoms with Crippen molar-refractivity contribution in [3.05, 3.63) is 70.8 Å². The average molecular weight is 345 g/mol. The summed E-state index contributed by atoms with van der Waals surface area (Å²) in [6.07, 6.45) is 0. The standard InChI is InChI=1S/C22H19NO3/c1-12-4-5-13(2)20-19(12)14(3)21(26-20)18-11-10-17(23-18)15-6-8-16(9-7-15)22(24)25/h4-11,23H,1-3H3,(H,24,25). The average Bonchev–Trinajstić information content (AvgIpc) is 3.24. The molecular weight excluding hydrogens is 326 g/mol. The third-order valence-corrected chi connectivity index (χ3v) is 4.86. The van der Waals surface area contributed by atoms with Crippen LogP contribution in [0.3, 0.4) is 0 Å². The van der Waals surface area contributed by atoms with Crippen molar-refractivity contribution in [2.45, 2.75) is 20.8 Å². The number of aromatic carboxylic acids is 1. The van der Waals surface area contributed by atoms with Crippen LogP contribution >= 0.6 is 0 Å². The van der Waals surface area contributed by atoms with E-state index < -0.39 is 5.97 Å². The first-order chi connectivity index (χ1) is 12.5. The summed E-state index contributed by atoms with van der Waals surface area (Å²) in [5.74, 6) is -0.0850. The molecule has 0 amide bonds. The number of H-pyrrole nitrogens is 1. The second kappa shape index (κ2) is 5.92. The van der Waals surface area contributed by atoms with Crippen molar-refractivity contribution in [2.24, 2.45) is 0 Å². The van der Waals surface area contributed by atoms with Crippen molar-refractivity contribution >= 4 is 16.9 Å². The number of aryl methyl sites for hydroxylation is 3. The van der Waals surface area contributed by atoms with Gasteiger partial charge in [-0.25, -0.2) is 4.79 Å². The van der Waals surface area contributed by atoms with Gasteiger partial charge in [0, 0.05) is 16.6 Å². The molecule has 0 bridgehead atoms. The zero-order chi connectivity index (χ0) is 18.4. The molecule has 0 fully saturated rings. The summed E-state index contributed by atoms with van der Waals surface area (Å²) in [7, 11) is 0. The molecule has 2 aromatic carbocycles. The lowest BCUT2D eigenvalue weighted by Crippen LogP contribution is -1.94. The van der Waals surface area contributed by atoms with Crippen molar-refractivity contribution < 1.29 is 14.3 Å². The number of benzene rings is 2. The highest BCUT2D eigenvalue weighted by Gasteiger charge is 2.17. The maximum atomic E-state index is 11.0. The van der Waals surface area contributed by atoms with Gasteiger partial charge in [-0.05, 0) is 61.7 Å². The lowest BCUT2D eigenvalue weighted by Gasteiger charge is -2.00. The number of aromatic nitrogens is 1. The molecule has 4 nitrogen and oxygen atoms in total. The van der Waals surface area contributed by atoms with Crippen molar-refractivity contribution in [3.8, 4) is 22.7 Å². The van der Waals surface area contributed by atoms with Crippen LogP contribution in [-0.4, -0.2) is 16.1 Å². The summed E-state index contributed by atoms with van der Waals surface area (Å²) >= 11 is 0. The lowest BCUT2D eigenvalue weighted by atomic mass is 10.0. The van der Waals surface area contributed by atoms with E-state index in [2.05, 4.69) is 37.9 Å². The zero-order valence-electron chi connectivity index (χ0n) is 14.9. The fourth-order valence-electron chi connectivity index (χ4n) is 3.42. The Hall–Kier alpha value is -3.27. The van der Waals surface area contributed by atoms with Crippen LogP contribution in [0.5, 0.6) is 0 Å². The van der Waals surface area contributed by atoms with E-state index in [-0.39, 0.29) is 5.56 Å². The van der Waals surface area contributed by atoms with E-state index in [9.17, 15) is 4.79 Å². The molecule has 2 N–H and O–H groups in total. The van der Waals surface area contributed by atoms with Gasteiger partial charge in [0.1, 0.15) is 5.58 Å².